The Morgan fingerprint density at radius 2 is 1.68 bits per heavy atom. The fraction of sp³-hybridized carbons (Fsp3) is 0.294. The standard InChI is InChI=1S/C17H20N2/c1-2-6-16(5-1)7-8-17-9-12-19(15-17)14-13-18-10-3-4-11-18/h3-4,7-16H,1-2,5-6H2. The monoisotopic (exact) mass is 252 g/mol. The Balaban J connectivity index is 1.62. The summed E-state index contributed by atoms with van der Waals surface area (Å²) in [7, 11) is 0. The highest BCUT2D eigenvalue weighted by atomic mass is 15.0. The molecule has 0 aliphatic heterocycles. The molecule has 0 spiro atoms. The van der Waals surface area contributed by atoms with E-state index in [1.54, 1.807) is 0 Å². The molecule has 3 rings (SSSR count). The van der Waals surface area contributed by atoms with Crippen molar-refractivity contribution in [2.75, 3.05) is 0 Å². The zero-order valence-electron chi connectivity index (χ0n) is 11.2. The van der Waals surface area contributed by atoms with Gasteiger partial charge in [-0.3, -0.25) is 0 Å². The van der Waals surface area contributed by atoms with Gasteiger partial charge in [-0.1, -0.05) is 25.0 Å². The molecule has 2 nitrogen and oxygen atoms in total. The van der Waals surface area contributed by atoms with Crippen LogP contribution in [0.2, 0.25) is 0 Å². The molecule has 1 fully saturated rings. The first kappa shape index (κ1) is 12.1. The molecule has 0 amide bonds. The highest BCUT2D eigenvalue weighted by Crippen LogP contribution is 2.26. The van der Waals surface area contributed by atoms with E-state index in [2.05, 4.69) is 41.4 Å². The number of hydrogen-bond acceptors (Lipinski definition) is 0. The predicted molar refractivity (Wildman–Crippen MR) is 81.4 cm³/mol. The highest BCUT2D eigenvalue weighted by Gasteiger charge is 2.10. The van der Waals surface area contributed by atoms with Crippen molar-refractivity contribution >= 4 is 18.5 Å². The molecule has 2 heterocycles. The molecule has 0 radical (unpaired) electrons. The number of aromatic nitrogens is 2. The molecule has 0 atom stereocenters. The van der Waals surface area contributed by atoms with Crippen LogP contribution in [0, 0.1) is 5.92 Å². The highest BCUT2D eigenvalue weighted by molar-refractivity contribution is 5.52. The van der Waals surface area contributed by atoms with E-state index in [9.17, 15) is 0 Å². The van der Waals surface area contributed by atoms with Gasteiger partial charge >= 0.3 is 0 Å². The van der Waals surface area contributed by atoms with Gasteiger partial charge in [0.1, 0.15) is 0 Å². The number of nitrogens with zero attached hydrogens (tertiary/aromatic N) is 2. The quantitative estimate of drug-likeness (QED) is 0.754. The summed E-state index contributed by atoms with van der Waals surface area (Å²) < 4.78 is 4.13. The molecular formula is C17H20N2. The summed E-state index contributed by atoms with van der Waals surface area (Å²) in [5, 5.41) is 0. The molecule has 19 heavy (non-hydrogen) atoms. The van der Waals surface area contributed by atoms with Crippen LogP contribution >= 0.6 is 0 Å². The summed E-state index contributed by atoms with van der Waals surface area (Å²) in [6.07, 6.45) is 22.6. The summed E-state index contributed by atoms with van der Waals surface area (Å²) in [6.45, 7) is 0. The molecule has 1 aliphatic carbocycles. The van der Waals surface area contributed by atoms with Gasteiger partial charge in [0.2, 0.25) is 0 Å². The molecule has 1 aliphatic rings. The maximum atomic E-state index is 2.38. The van der Waals surface area contributed by atoms with Crippen LogP contribution < -0.4 is 0 Å². The minimum atomic E-state index is 0.804. The Kier molecular flexibility index (Phi) is 3.68. The van der Waals surface area contributed by atoms with E-state index >= 15 is 0 Å². The van der Waals surface area contributed by atoms with Crippen LogP contribution in [0.5, 0.6) is 0 Å². The Morgan fingerprint density at radius 1 is 0.947 bits per heavy atom. The maximum Gasteiger partial charge on any atom is 0.0248 e. The minimum Gasteiger partial charge on any atom is -0.329 e. The van der Waals surface area contributed by atoms with Gasteiger partial charge in [-0.15, -0.1) is 0 Å². The van der Waals surface area contributed by atoms with Gasteiger partial charge in [-0.2, -0.15) is 0 Å². The topological polar surface area (TPSA) is 9.86 Å². The molecule has 1 saturated carbocycles. The average molecular weight is 252 g/mol. The van der Waals surface area contributed by atoms with Gasteiger partial charge in [0, 0.05) is 37.2 Å². The molecule has 0 unspecified atom stereocenters. The van der Waals surface area contributed by atoms with Crippen LogP contribution in [-0.2, 0) is 0 Å². The van der Waals surface area contributed by atoms with E-state index in [0.717, 1.165) is 5.92 Å². The van der Waals surface area contributed by atoms with Crippen molar-refractivity contribution in [2.45, 2.75) is 25.7 Å². The Morgan fingerprint density at radius 3 is 2.47 bits per heavy atom. The second kappa shape index (κ2) is 5.79. The molecule has 0 saturated heterocycles. The third kappa shape index (κ3) is 3.28. The molecule has 0 aromatic carbocycles. The van der Waals surface area contributed by atoms with Crippen LogP contribution in [-0.4, -0.2) is 9.13 Å². The summed E-state index contributed by atoms with van der Waals surface area (Å²) in [4.78, 5) is 0. The summed E-state index contributed by atoms with van der Waals surface area (Å²) >= 11 is 0. The van der Waals surface area contributed by atoms with Crippen molar-refractivity contribution in [2.24, 2.45) is 5.92 Å². The predicted octanol–water partition coefficient (Wildman–Crippen LogP) is 4.58. The van der Waals surface area contributed by atoms with Crippen LogP contribution in [0.4, 0.5) is 0 Å². The number of allylic oxidation sites excluding steroid dienone is 1. The second-order valence-corrected chi connectivity index (χ2v) is 5.22. The van der Waals surface area contributed by atoms with Crippen molar-refractivity contribution in [3.05, 3.63) is 54.6 Å². The summed E-state index contributed by atoms with van der Waals surface area (Å²) in [5.74, 6) is 0.804. The fourth-order valence-corrected chi connectivity index (χ4v) is 2.62. The number of hydrogen-bond donors (Lipinski definition) is 0. The van der Waals surface area contributed by atoms with Gasteiger partial charge in [-0.25, -0.2) is 0 Å². The lowest BCUT2D eigenvalue weighted by molar-refractivity contribution is 0.689. The van der Waals surface area contributed by atoms with E-state index < -0.39 is 0 Å². The van der Waals surface area contributed by atoms with E-state index in [4.69, 9.17) is 0 Å². The lowest BCUT2D eigenvalue weighted by atomic mass is 10.1. The second-order valence-electron chi connectivity index (χ2n) is 5.22. The summed E-state index contributed by atoms with van der Waals surface area (Å²) in [6, 6.07) is 6.21. The lowest BCUT2D eigenvalue weighted by Gasteiger charge is -1.98. The minimum absolute atomic E-state index is 0.804. The van der Waals surface area contributed by atoms with Crippen LogP contribution in [0.25, 0.3) is 18.5 Å². The zero-order chi connectivity index (χ0) is 12.9. The van der Waals surface area contributed by atoms with E-state index in [0.29, 0.717) is 0 Å². The van der Waals surface area contributed by atoms with Gasteiger partial charge < -0.3 is 9.13 Å². The van der Waals surface area contributed by atoms with Crippen molar-refractivity contribution in [3.8, 4) is 0 Å². The van der Waals surface area contributed by atoms with Crippen molar-refractivity contribution in [3.63, 3.8) is 0 Å². The van der Waals surface area contributed by atoms with Crippen LogP contribution in [0.1, 0.15) is 31.2 Å². The van der Waals surface area contributed by atoms with Crippen molar-refractivity contribution in [1.29, 1.82) is 0 Å². The first-order valence-electron chi connectivity index (χ1n) is 7.07. The molecule has 2 aromatic heterocycles. The molecule has 0 bridgehead atoms. The maximum absolute atomic E-state index is 2.38. The van der Waals surface area contributed by atoms with Gasteiger partial charge in [0.05, 0.1) is 0 Å². The van der Waals surface area contributed by atoms with E-state index in [1.165, 1.54) is 31.2 Å². The molecule has 2 heteroatoms. The smallest absolute Gasteiger partial charge is 0.0248 e. The third-order valence-corrected chi connectivity index (χ3v) is 3.74. The van der Waals surface area contributed by atoms with E-state index in [1.807, 2.05) is 35.3 Å². The molecule has 0 N–H and O–H groups in total. The Hall–Kier alpha value is -1.96. The van der Waals surface area contributed by atoms with E-state index in [-0.39, 0.29) is 0 Å². The molecule has 2 aromatic rings. The Bertz CT molecular complexity index is 552. The first-order valence-corrected chi connectivity index (χ1v) is 7.07. The normalized spacial score (nSPS) is 17.1. The van der Waals surface area contributed by atoms with Crippen LogP contribution in [0.15, 0.2) is 49.1 Å². The van der Waals surface area contributed by atoms with Gasteiger partial charge in [-0.05, 0) is 42.5 Å². The van der Waals surface area contributed by atoms with Gasteiger partial charge in [0.15, 0.2) is 0 Å². The first-order chi connectivity index (χ1) is 9.40. The van der Waals surface area contributed by atoms with Crippen molar-refractivity contribution < 1.29 is 0 Å². The zero-order valence-corrected chi connectivity index (χ0v) is 11.2. The summed E-state index contributed by atoms with van der Waals surface area (Å²) in [5.41, 5.74) is 1.28. The fourth-order valence-electron chi connectivity index (χ4n) is 2.62. The molecular weight excluding hydrogens is 232 g/mol. The van der Waals surface area contributed by atoms with Crippen LogP contribution in [0.3, 0.4) is 0 Å². The SMILES string of the molecule is C(=CC1CCCC1)c1ccn(C=Cn2cccc2)c1. The largest absolute Gasteiger partial charge is 0.329 e. The Labute approximate surface area is 114 Å². The van der Waals surface area contributed by atoms with Crippen molar-refractivity contribution in [1.82, 2.24) is 9.13 Å². The number of rotatable bonds is 4. The third-order valence-electron chi connectivity index (χ3n) is 3.74. The average Bonchev–Trinajstić information content (AvgIpc) is 3.16. The molecule has 98 valence electrons. The van der Waals surface area contributed by atoms with Gasteiger partial charge in [0.25, 0.3) is 0 Å². The lowest BCUT2D eigenvalue weighted by Crippen LogP contribution is -1.85.